The minimum Gasteiger partial charge on any atom is -0.492 e. The lowest BCUT2D eigenvalue weighted by Gasteiger charge is -2.22. The maximum absolute atomic E-state index is 13.2. The SMILES string of the molecule is CCOc1cc(F)ccc1NC(=O)[C@@H]1CCCNC1. The van der Waals surface area contributed by atoms with Crippen LogP contribution in [-0.4, -0.2) is 25.6 Å². The Hall–Kier alpha value is -1.62. The van der Waals surface area contributed by atoms with E-state index in [0.717, 1.165) is 19.4 Å². The van der Waals surface area contributed by atoms with Gasteiger partial charge in [-0.25, -0.2) is 4.39 Å². The van der Waals surface area contributed by atoms with Crippen molar-refractivity contribution in [2.45, 2.75) is 19.8 Å². The van der Waals surface area contributed by atoms with Crippen molar-refractivity contribution < 1.29 is 13.9 Å². The molecule has 1 fully saturated rings. The zero-order valence-corrected chi connectivity index (χ0v) is 11.0. The Balaban J connectivity index is 2.06. The van der Waals surface area contributed by atoms with E-state index in [4.69, 9.17) is 4.74 Å². The highest BCUT2D eigenvalue weighted by Gasteiger charge is 2.21. The molecule has 2 rings (SSSR count). The lowest BCUT2D eigenvalue weighted by Crippen LogP contribution is -2.37. The number of amides is 1. The Labute approximate surface area is 112 Å². The van der Waals surface area contributed by atoms with Crippen LogP contribution < -0.4 is 15.4 Å². The molecule has 0 saturated carbocycles. The number of hydrogen-bond donors (Lipinski definition) is 2. The summed E-state index contributed by atoms with van der Waals surface area (Å²) in [5.74, 6) is -0.0755. The molecular formula is C14H19FN2O2. The number of rotatable bonds is 4. The van der Waals surface area contributed by atoms with Crippen LogP contribution in [0.2, 0.25) is 0 Å². The number of hydrogen-bond acceptors (Lipinski definition) is 3. The van der Waals surface area contributed by atoms with Crippen LogP contribution in [0.1, 0.15) is 19.8 Å². The van der Waals surface area contributed by atoms with Gasteiger partial charge in [-0.05, 0) is 38.4 Å². The molecule has 0 bridgehead atoms. The van der Waals surface area contributed by atoms with Gasteiger partial charge in [0.2, 0.25) is 5.91 Å². The highest BCUT2D eigenvalue weighted by molar-refractivity contribution is 5.94. The molecular weight excluding hydrogens is 247 g/mol. The Bertz CT molecular complexity index is 445. The molecule has 0 aromatic heterocycles. The first kappa shape index (κ1) is 13.8. The lowest BCUT2D eigenvalue weighted by molar-refractivity contribution is -0.120. The van der Waals surface area contributed by atoms with Gasteiger partial charge in [0.25, 0.3) is 0 Å². The third kappa shape index (κ3) is 3.67. The molecule has 1 amide bonds. The highest BCUT2D eigenvalue weighted by atomic mass is 19.1. The van der Waals surface area contributed by atoms with Crippen LogP contribution >= 0.6 is 0 Å². The van der Waals surface area contributed by atoms with E-state index in [1.165, 1.54) is 18.2 Å². The van der Waals surface area contributed by atoms with E-state index in [-0.39, 0.29) is 17.6 Å². The fourth-order valence-corrected chi connectivity index (χ4v) is 2.18. The summed E-state index contributed by atoms with van der Waals surface area (Å²) in [4.78, 5) is 12.1. The second kappa shape index (κ2) is 6.52. The van der Waals surface area contributed by atoms with Gasteiger partial charge < -0.3 is 15.4 Å². The largest absolute Gasteiger partial charge is 0.492 e. The minimum absolute atomic E-state index is 0.0340. The van der Waals surface area contributed by atoms with Crippen LogP contribution in [-0.2, 0) is 4.79 Å². The molecule has 5 heteroatoms. The van der Waals surface area contributed by atoms with Crippen molar-refractivity contribution in [3.8, 4) is 5.75 Å². The number of carbonyl (C=O) groups excluding carboxylic acids is 1. The Kier molecular flexibility index (Phi) is 4.74. The van der Waals surface area contributed by atoms with Crippen LogP contribution in [0.4, 0.5) is 10.1 Å². The summed E-state index contributed by atoms with van der Waals surface area (Å²) in [5.41, 5.74) is 0.527. The number of carbonyl (C=O) groups is 1. The van der Waals surface area contributed by atoms with Crippen molar-refractivity contribution in [3.63, 3.8) is 0 Å². The van der Waals surface area contributed by atoms with Crippen molar-refractivity contribution in [1.82, 2.24) is 5.32 Å². The molecule has 1 aliphatic heterocycles. The molecule has 19 heavy (non-hydrogen) atoms. The van der Waals surface area contributed by atoms with E-state index in [1.54, 1.807) is 0 Å². The summed E-state index contributed by atoms with van der Waals surface area (Å²) in [6, 6.07) is 4.14. The molecule has 0 aliphatic carbocycles. The Morgan fingerprint density at radius 1 is 1.58 bits per heavy atom. The van der Waals surface area contributed by atoms with Crippen LogP contribution in [0.15, 0.2) is 18.2 Å². The van der Waals surface area contributed by atoms with Gasteiger partial charge in [0, 0.05) is 12.6 Å². The van der Waals surface area contributed by atoms with Crippen molar-refractivity contribution in [3.05, 3.63) is 24.0 Å². The maximum atomic E-state index is 13.2. The predicted molar refractivity (Wildman–Crippen MR) is 71.8 cm³/mol. The standard InChI is InChI=1S/C14H19FN2O2/c1-2-19-13-8-11(15)5-6-12(13)17-14(18)10-4-3-7-16-9-10/h5-6,8,10,16H,2-4,7,9H2,1H3,(H,17,18)/t10-/m1/s1. The average molecular weight is 266 g/mol. The van der Waals surface area contributed by atoms with Crippen LogP contribution in [0, 0.1) is 11.7 Å². The fraction of sp³-hybridized carbons (Fsp3) is 0.500. The molecule has 0 radical (unpaired) electrons. The summed E-state index contributed by atoms with van der Waals surface area (Å²) in [6.45, 7) is 3.90. The van der Waals surface area contributed by atoms with Crippen LogP contribution in [0.3, 0.4) is 0 Å². The maximum Gasteiger partial charge on any atom is 0.228 e. The van der Waals surface area contributed by atoms with Gasteiger partial charge in [0.05, 0.1) is 18.2 Å². The summed E-state index contributed by atoms with van der Waals surface area (Å²) in [7, 11) is 0. The van der Waals surface area contributed by atoms with Gasteiger partial charge in [-0.3, -0.25) is 4.79 Å². The monoisotopic (exact) mass is 266 g/mol. The molecule has 0 unspecified atom stereocenters. The van der Waals surface area contributed by atoms with Gasteiger partial charge in [0.15, 0.2) is 0 Å². The zero-order valence-electron chi connectivity index (χ0n) is 11.0. The highest BCUT2D eigenvalue weighted by Crippen LogP contribution is 2.26. The quantitative estimate of drug-likeness (QED) is 0.878. The van der Waals surface area contributed by atoms with E-state index in [9.17, 15) is 9.18 Å². The minimum atomic E-state index is -0.374. The molecule has 1 heterocycles. The second-order valence-corrected chi connectivity index (χ2v) is 4.61. The number of piperidine rings is 1. The predicted octanol–water partition coefficient (Wildman–Crippen LogP) is 2.16. The average Bonchev–Trinajstić information content (AvgIpc) is 2.43. The number of anilines is 1. The number of nitrogens with one attached hydrogen (secondary N) is 2. The first-order valence-corrected chi connectivity index (χ1v) is 6.64. The van der Waals surface area contributed by atoms with Crippen molar-refractivity contribution >= 4 is 11.6 Å². The smallest absolute Gasteiger partial charge is 0.228 e. The molecule has 1 atom stereocenters. The third-order valence-corrected chi connectivity index (χ3v) is 3.17. The first-order valence-electron chi connectivity index (χ1n) is 6.64. The summed E-state index contributed by atoms with van der Waals surface area (Å²) >= 11 is 0. The normalized spacial score (nSPS) is 18.9. The van der Waals surface area contributed by atoms with Gasteiger partial charge in [-0.15, -0.1) is 0 Å². The van der Waals surface area contributed by atoms with E-state index < -0.39 is 0 Å². The van der Waals surface area contributed by atoms with Gasteiger partial charge in [-0.1, -0.05) is 0 Å². The van der Waals surface area contributed by atoms with E-state index in [0.29, 0.717) is 24.6 Å². The van der Waals surface area contributed by atoms with E-state index in [2.05, 4.69) is 10.6 Å². The van der Waals surface area contributed by atoms with Crippen molar-refractivity contribution in [1.29, 1.82) is 0 Å². The third-order valence-electron chi connectivity index (χ3n) is 3.17. The van der Waals surface area contributed by atoms with Crippen molar-refractivity contribution in [2.24, 2.45) is 5.92 Å². The Morgan fingerprint density at radius 2 is 2.42 bits per heavy atom. The molecule has 1 aliphatic rings. The summed E-state index contributed by atoms with van der Waals surface area (Å²) in [5, 5.41) is 6.02. The van der Waals surface area contributed by atoms with Crippen molar-refractivity contribution in [2.75, 3.05) is 25.0 Å². The zero-order chi connectivity index (χ0) is 13.7. The fourth-order valence-electron chi connectivity index (χ4n) is 2.18. The molecule has 1 aromatic carbocycles. The van der Waals surface area contributed by atoms with Gasteiger partial charge in [0.1, 0.15) is 11.6 Å². The molecule has 104 valence electrons. The first-order chi connectivity index (χ1) is 9.20. The molecule has 1 saturated heterocycles. The summed E-state index contributed by atoms with van der Waals surface area (Å²) < 4.78 is 18.5. The van der Waals surface area contributed by atoms with Crippen LogP contribution in [0.25, 0.3) is 0 Å². The topological polar surface area (TPSA) is 50.4 Å². The lowest BCUT2D eigenvalue weighted by atomic mass is 9.99. The van der Waals surface area contributed by atoms with E-state index in [1.807, 2.05) is 6.92 Å². The molecule has 1 aromatic rings. The van der Waals surface area contributed by atoms with Crippen LogP contribution in [0.5, 0.6) is 5.75 Å². The Morgan fingerprint density at radius 3 is 3.11 bits per heavy atom. The number of benzene rings is 1. The number of ether oxygens (including phenoxy) is 1. The van der Waals surface area contributed by atoms with Gasteiger partial charge >= 0.3 is 0 Å². The van der Waals surface area contributed by atoms with E-state index >= 15 is 0 Å². The summed E-state index contributed by atoms with van der Waals surface area (Å²) in [6.07, 6.45) is 1.88. The molecule has 4 nitrogen and oxygen atoms in total. The second-order valence-electron chi connectivity index (χ2n) is 4.61. The molecule has 0 spiro atoms. The number of halogens is 1. The molecule has 2 N–H and O–H groups in total. The van der Waals surface area contributed by atoms with Gasteiger partial charge in [-0.2, -0.15) is 0 Å².